The lowest BCUT2D eigenvalue weighted by atomic mass is 10.1. The number of nitrogens with one attached hydrogen (secondary N) is 2. The van der Waals surface area contributed by atoms with Crippen LogP contribution in [0.2, 0.25) is 0 Å². The minimum atomic E-state index is -4.33. The lowest BCUT2D eigenvalue weighted by Gasteiger charge is -2.11. The summed E-state index contributed by atoms with van der Waals surface area (Å²) in [6.07, 6.45) is -4.08. The Morgan fingerprint density at radius 1 is 1.22 bits per heavy atom. The van der Waals surface area contributed by atoms with Crippen molar-refractivity contribution in [1.29, 1.82) is 0 Å². The number of alkyl halides is 3. The van der Waals surface area contributed by atoms with Crippen LogP contribution >= 0.6 is 0 Å². The molecule has 2 rings (SSSR count). The zero-order valence-electron chi connectivity index (χ0n) is 12.5. The summed E-state index contributed by atoms with van der Waals surface area (Å²) < 4.78 is 63.9. The molecular formula is C14H16F3N3O2S. The number of nitrogens with zero attached hydrogens (tertiary/aromatic N) is 1. The summed E-state index contributed by atoms with van der Waals surface area (Å²) in [5.74, 6) is 0.0318. The summed E-state index contributed by atoms with van der Waals surface area (Å²) in [4.78, 5) is -0.112. The molecule has 0 aliphatic carbocycles. The molecule has 0 saturated heterocycles. The Morgan fingerprint density at radius 3 is 2.35 bits per heavy atom. The first-order chi connectivity index (χ1) is 10.6. The highest BCUT2D eigenvalue weighted by Gasteiger charge is 2.27. The minimum absolute atomic E-state index is 0.00244. The van der Waals surface area contributed by atoms with Crippen molar-refractivity contribution >= 4 is 15.7 Å². The molecule has 0 amide bonds. The Hall–Kier alpha value is -2.03. The van der Waals surface area contributed by atoms with E-state index in [0.29, 0.717) is 11.4 Å². The van der Waals surface area contributed by atoms with E-state index in [2.05, 4.69) is 14.9 Å². The van der Waals surface area contributed by atoms with Crippen molar-refractivity contribution in [2.75, 3.05) is 4.72 Å². The first-order valence-electron chi connectivity index (χ1n) is 6.80. The summed E-state index contributed by atoms with van der Waals surface area (Å²) in [5, 5.41) is 6.51. The molecule has 0 aliphatic rings. The van der Waals surface area contributed by atoms with Crippen molar-refractivity contribution in [2.24, 2.45) is 0 Å². The highest BCUT2D eigenvalue weighted by atomic mass is 32.2. The number of aromatic nitrogens is 2. The van der Waals surface area contributed by atoms with Crippen LogP contribution in [0.5, 0.6) is 0 Å². The molecular weight excluding hydrogens is 331 g/mol. The van der Waals surface area contributed by atoms with Gasteiger partial charge in [0.05, 0.1) is 28.9 Å². The largest absolute Gasteiger partial charge is 0.393 e. The van der Waals surface area contributed by atoms with Gasteiger partial charge in [-0.1, -0.05) is 26.0 Å². The van der Waals surface area contributed by atoms with Gasteiger partial charge in [0, 0.05) is 0 Å². The molecule has 0 bridgehead atoms. The summed E-state index contributed by atoms with van der Waals surface area (Å²) >= 11 is 0. The van der Waals surface area contributed by atoms with Crippen LogP contribution in [0.25, 0.3) is 0 Å². The maximum atomic E-state index is 12.3. The van der Waals surface area contributed by atoms with Crippen molar-refractivity contribution < 1.29 is 21.6 Å². The quantitative estimate of drug-likeness (QED) is 0.870. The fourth-order valence-electron chi connectivity index (χ4n) is 2.04. The first-order valence-corrected chi connectivity index (χ1v) is 8.28. The van der Waals surface area contributed by atoms with Crippen molar-refractivity contribution in [3.05, 3.63) is 41.7 Å². The average Bonchev–Trinajstić information content (AvgIpc) is 2.85. The standard InChI is InChI=1S/C14H16F3N3O2S/c1-9(2)13-12(8-18-19-13)20-23(21,22)11-5-3-10(4-6-11)7-14(15,16)17/h3-6,8-9,20H,7H2,1-2H3,(H,18,19). The summed E-state index contributed by atoms with van der Waals surface area (Å²) in [7, 11) is -3.89. The average molecular weight is 347 g/mol. The number of hydrogen-bond donors (Lipinski definition) is 2. The van der Waals surface area contributed by atoms with Gasteiger partial charge in [-0.05, 0) is 23.6 Å². The molecule has 1 heterocycles. The predicted molar refractivity (Wildman–Crippen MR) is 79.7 cm³/mol. The Labute approximate surface area is 132 Å². The Kier molecular flexibility index (Phi) is 4.69. The highest BCUT2D eigenvalue weighted by molar-refractivity contribution is 7.92. The van der Waals surface area contributed by atoms with Crippen LogP contribution in [-0.4, -0.2) is 24.8 Å². The molecule has 0 fully saturated rings. The highest BCUT2D eigenvalue weighted by Crippen LogP contribution is 2.25. The second-order valence-corrected chi connectivity index (χ2v) is 7.08. The molecule has 5 nitrogen and oxygen atoms in total. The number of halogens is 3. The van der Waals surface area contributed by atoms with Gasteiger partial charge in [0.15, 0.2) is 0 Å². The third-order valence-electron chi connectivity index (χ3n) is 3.13. The summed E-state index contributed by atoms with van der Waals surface area (Å²) in [6, 6.07) is 4.61. The zero-order chi connectivity index (χ0) is 17.3. The van der Waals surface area contributed by atoms with Gasteiger partial charge >= 0.3 is 6.18 Å². The lowest BCUT2D eigenvalue weighted by molar-refractivity contribution is -0.127. The number of hydrogen-bond acceptors (Lipinski definition) is 3. The van der Waals surface area contributed by atoms with E-state index in [0.717, 1.165) is 24.3 Å². The second kappa shape index (κ2) is 6.23. The van der Waals surface area contributed by atoms with Crippen molar-refractivity contribution in [1.82, 2.24) is 10.2 Å². The summed E-state index contributed by atoms with van der Waals surface area (Å²) in [5.41, 5.74) is 0.948. The molecule has 9 heteroatoms. The van der Waals surface area contributed by atoms with Crippen LogP contribution in [0.1, 0.15) is 31.0 Å². The van der Waals surface area contributed by atoms with E-state index in [-0.39, 0.29) is 16.4 Å². The van der Waals surface area contributed by atoms with Crippen molar-refractivity contribution in [3.8, 4) is 0 Å². The number of sulfonamides is 1. The van der Waals surface area contributed by atoms with Crippen LogP contribution in [0.4, 0.5) is 18.9 Å². The third-order valence-corrected chi connectivity index (χ3v) is 4.51. The number of H-pyrrole nitrogens is 1. The molecule has 2 aromatic rings. The maximum absolute atomic E-state index is 12.3. The van der Waals surface area contributed by atoms with Crippen molar-refractivity contribution in [3.63, 3.8) is 0 Å². The molecule has 0 spiro atoms. The van der Waals surface area contributed by atoms with Gasteiger partial charge in [0.1, 0.15) is 0 Å². The zero-order valence-corrected chi connectivity index (χ0v) is 13.3. The Bertz CT molecular complexity index is 765. The van der Waals surface area contributed by atoms with E-state index < -0.39 is 22.6 Å². The minimum Gasteiger partial charge on any atom is -0.280 e. The number of aromatic amines is 1. The van der Waals surface area contributed by atoms with Gasteiger partial charge in [-0.25, -0.2) is 8.42 Å². The van der Waals surface area contributed by atoms with E-state index in [4.69, 9.17) is 0 Å². The molecule has 0 atom stereocenters. The normalized spacial score (nSPS) is 12.6. The molecule has 126 valence electrons. The maximum Gasteiger partial charge on any atom is 0.393 e. The molecule has 1 aromatic heterocycles. The number of rotatable bonds is 5. The topological polar surface area (TPSA) is 74.8 Å². The van der Waals surface area contributed by atoms with Gasteiger partial charge in [-0.3, -0.25) is 9.82 Å². The molecule has 0 radical (unpaired) electrons. The van der Waals surface area contributed by atoms with Crippen LogP contribution in [0, 0.1) is 0 Å². The van der Waals surface area contributed by atoms with E-state index in [1.165, 1.54) is 6.20 Å². The Morgan fingerprint density at radius 2 is 1.83 bits per heavy atom. The van der Waals surface area contributed by atoms with Crippen molar-refractivity contribution in [2.45, 2.75) is 37.3 Å². The first kappa shape index (κ1) is 17.3. The number of anilines is 1. The monoisotopic (exact) mass is 347 g/mol. The molecule has 0 saturated carbocycles. The lowest BCUT2D eigenvalue weighted by Crippen LogP contribution is -2.15. The van der Waals surface area contributed by atoms with Gasteiger partial charge in [-0.15, -0.1) is 0 Å². The third kappa shape index (κ3) is 4.47. The van der Waals surface area contributed by atoms with E-state index >= 15 is 0 Å². The van der Waals surface area contributed by atoms with Gasteiger partial charge in [0.25, 0.3) is 10.0 Å². The molecule has 0 aliphatic heterocycles. The van der Waals surface area contributed by atoms with Gasteiger partial charge in [0.2, 0.25) is 0 Å². The van der Waals surface area contributed by atoms with Crippen LogP contribution in [-0.2, 0) is 16.4 Å². The van der Waals surface area contributed by atoms with E-state index in [9.17, 15) is 21.6 Å². The summed E-state index contributed by atoms with van der Waals surface area (Å²) in [6.45, 7) is 3.74. The predicted octanol–water partition coefficient (Wildman–Crippen LogP) is 3.44. The Balaban J connectivity index is 2.21. The molecule has 2 N–H and O–H groups in total. The number of benzene rings is 1. The van der Waals surface area contributed by atoms with Crippen LogP contribution < -0.4 is 4.72 Å². The fraction of sp³-hybridized carbons (Fsp3) is 0.357. The second-order valence-electron chi connectivity index (χ2n) is 5.39. The SMILES string of the molecule is CC(C)c1[nH]ncc1NS(=O)(=O)c1ccc(CC(F)(F)F)cc1. The molecule has 1 aromatic carbocycles. The van der Waals surface area contributed by atoms with E-state index in [1.807, 2.05) is 13.8 Å². The van der Waals surface area contributed by atoms with Gasteiger partial charge in [-0.2, -0.15) is 18.3 Å². The van der Waals surface area contributed by atoms with Crippen LogP contribution in [0.15, 0.2) is 35.4 Å². The smallest absolute Gasteiger partial charge is 0.280 e. The fourth-order valence-corrected chi connectivity index (χ4v) is 3.10. The van der Waals surface area contributed by atoms with Crippen LogP contribution in [0.3, 0.4) is 0 Å². The van der Waals surface area contributed by atoms with Gasteiger partial charge < -0.3 is 0 Å². The van der Waals surface area contributed by atoms with E-state index in [1.54, 1.807) is 0 Å². The molecule has 0 unspecified atom stereocenters. The molecule has 23 heavy (non-hydrogen) atoms.